The van der Waals surface area contributed by atoms with Crippen LogP contribution in [0, 0.1) is 19.7 Å². The first-order valence-corrected chi connectivity index (χ1v) is 11.8. The molecular weight excluding hydrogens is 467 g/mol. The van der Waals surface area contributed by atoms with Crippen molar-refractivity contribution in [2.75, 3.05) is 13.7 Å². The monoisotopic (exact) mass is 498 g/mol. The lowest BCUT2D eigenvalue weighted by molar-refractivity contribution is -0.164. The van der Waals surface area contributed by atoms with E-state index in [0.29, 0.717) is 46.4 Å². The minimum Gasteiger partial charge on any atom is -0.490 e. The fourth-order valence-corrected chi connectivity index (χ4v) is 4.88. The highest BCUT2D eigenvalue weighted by molar-refractivity contribution is 6.03. The standard InChI is InChI=1S/C27H31FN2O6/c1-13-15-9-8-10-35-22(15)18(28)11-16(13)21-17-12-19(25(31)32)30(6)24(17)29-14(2)20(21)23(26(33)34-7)36-27(3,4)5/h11-12,23H,8-10H2,1-7H3,(H,31,32). The number of aryl methyl sites for hydroxylation is 2. The maximum absolute atomic E-state index is 15.4. The zero-order chi connectivity index (χ0) is 26.5. The highest BCUT2D eigenvalue weighted by Gasteiger charge is 2.35. The van der Waals surface area contributed by atoms with Crippen molar-refractivity contribution in [3.8, 4) is 16.9 Å². The Bertz CT molecular complexity index is 1390. The van der Waals surface area contributed by atoms with E-state index in [2.05, 4.69) is 4.98 Å². The number of carbonyl (C=O) groups is 2. The number of ether oxygens (including phenoxy) is 3. The Morgan fingerprint density at radius 2 is 1.94 bits per heavy atom. The molecule has 0 radical (unpaired) electrons. The molecule has 8 nitrogen and oxygen atoms in total. The van der Waals surface area contributed by atoms with Crippen molar-refractivity contribution in [2.45, 2.75) is 59.2 Å². The molecule has 0 spiro atoms. The summed E-state index contributed by atoms with van der Waals surface area (Å²) in [7, 11) is 2.88. The second-order valence-corrected chi connectivity index (χ2v) is 10.0. The highest BCUT2D eigenvalue weighted by atomic mass is 19.1. The van der Waals surface area contributed by atoms with Gasteiger partial charge in [-0.3, -0.25) is 0 Å². The molecule has 1 atom stereocenters. The molecule has 36 heavy (non-hydrogen) atoms. The number of rotatable bonds is 5. The van der Waals surface area contributed by atoms with Crippen LogP contribution in [0.4, 0.5) is 4.39 Å². The molecule has 0 saturated carbocycles. The van der Waals surface area contributed by atoms with Crippen molar-refractivity contribution in [2.24, 2.45) is 7.05 Å². The number of aromatic nitrogens is 2. The maximum Gasteiger partial charge on any atom is 0.352 e. The van der Waals surface area contributed by atoms with Crippen molar-refractivity contribution in [3.05, 3.63) is 46.0 Å². The molecule has 0 aliphatic carbocycles. The minimum atomic E-state index is -1.18. The fourth-order valence-electron chi connectivity index (χ4n) is 4.88. The molecule has 0 saturated heterocycles. The van der Waals surface area contributed by atoms with Crippen LogP contribution in [-0.4, -0.2) is 45.9 Å². The summed E-state index contributed by atoms with van der Waals surface area (Å²) in [5.41, 5.74) is 3.10. The van der Waals surface area contributed by atoms with Gasteiger partial charge in [0.25, 0.3) is 0 Å². The summed E-state index contributed by atoms with van der Waals surface area (Å²) in [5, 5.41) is 10.3. The number of carboxylic acid groups (broad SMARTS) is 1. The lowest BCUT2D eigenvalue weighted by Crippen LogP contribution is -2.29. The molecule has 1 aromatic carbocycles. The number of halogens is 1. The highest BCUT2D eigenvalue weighted by Crippen LogP contribution is 2.45. The summed E-state index contributed by atoms with van der Waals surface area (Å²) in [6.45, 7) is 9.49. The third-order valence-corrected chi connectivity index (χ3v) is 6.48. The molecule has 0 bridgehead atoms. The van der Waals surface area contributed by atoms with Crippen molar-refractivity contribution < 1.29 is 33.3 Å². The largest absolute Gasteiger partial charge is 0.490 e. The Morgan fingerprint density at radius 1 is 1.25 bits per heavy atom. The van der Waals surface area contributed by atoms with Gasteiger partial charge in [0.2, 0.25) is 0 Å². The van der Waals surface area contributed by atoms with E-state index in [0.717, 1.165) is 17.5 Å². The second kappa shape index (κ2) is 9.20. The van der Waals surface area contributed by atoms with Crippen LogP contribution in [0.15, 0.2) is 12.1 Å². The predicted octanol–water partition coefficient (Wildman–Crippen LogP) is 5.05. The molecule has 0 fully saturated rings. The number of carboxylic acids is 1. The molecule has 1 N–H and O–H groups in total. The van der Waals surface area contributed by atoms with Gasteiger partial charge in [-0.15, -0.1) is 0 Å². The van der Waals surface area contributed by atoms with Crippen molar-refractivity contribution in [1.29, 1.82) is 0 Å². The number of benzene rings is 1. The van der Waals surface area contributed by atoms with Crippen LogP contribution in [0.1, 0.15) is 66.2 Å². The van der Waals surface area contributed by atoms with Crippen LogP contribution in [0.25, 0.3) is 22.2 Å². The van der Waals surface area contributed by atoms with Crippen molar-refractivity contribution >= 4 is 23.0 Å². The van der Waals surface area contributed by atoms with Crippen LogP contribution in [0.5, 0.6) is 5.75 Å². The number of aromatic carboxylic acids is 1. The number of hydrogen-bond acceptors (Lipinski definition) is 6. The van der Waals surface area contributed by atoms with E-state index in [1.165, 1.54) is 23.8 Å². The molecule has 4 rings (SSSR count). The SMILES string of the molecule is COC(=O)C(OC(C)(C)C)c1c(C)nc2c(cc(C(=O)O)n2C)c1-c1cc(F)c2c(c1C)CCCO2. The van der Waals surface area contributed by atoms with Crippen molar-refractivity contribution in [3.63, 3.8) is 0 Å². The van der Waals surface area contributed by atoms with Crippen LogP contribution in [-0.2, 0) is 27.7 Å². The van der Waals surface area contributed by atoms with Crippen LogP contribution in [0.2, 0.25) is 0 Å². The number of hydrogen-bond donors (Lipinski definition) is 1. The Kier molecular flexibility index (Phi) is 6.55. The third-order valence-electron chi connectivity index (χ3n) is 6.48. The smallest absolute Gasteiger partial charge is 0.352 e. The van der Waals surface area contributed by atoms with Gasteiger partial charge in [0, 0.05) is 34.8 Å². The fraction of sp³-hybridized carbons (Fsp3) is 0.444. The predicted molar refractivity (Wildman–Crippen MR) is 132 cm³/mol. The normalized spacial score (nSPS) is 14.3. The van der Waals surface area contributed by atoms with Crippen LogP contribution >= 0.6 is 0 Å². The quantitative estimate of drug-likeness (QED) is 0.492. The van der Waals surface area contributed by atoms with Gasteiger partial charge < -0.3 is 23.9 Å². The van der Waals surface area contributed by atoms with Gasteiger partial charge in [0.1, 0.15) is 11.3 Å². The first-order chi connectivity index (χ1) is 16.9. The third kappa shape index (κ3) is 4.32. The second-order valence-electron chi connectivity index (χ2n) is 10.0. The van der Waals surface area contributed by atoms with Gasteiger partial charge in [-0.1, -0.05) is 0 Å². The van der Waals surface area contributed by atoms with Gasteiger partial charge in [0.05, 0.1) is 19.3 Å². The van der Waals surface area contributed by atoms with E-state index in [-0.39, 0.29) is 11.4 Å². The molecule has 3 aromatic rings. The van der Waals surface area contributed by atoms with Crippen LogP contribution < -0.4 is 4.74 Å². The summed E-state index contributed by atoms with van der Waals surface area (Å²) in [6.07, 6.45) is 0.216. The number of methoxy groups -OCH3 is 1. The average Bonchev–Trinajstić information content (AvgIpc) is 3.14. The summed E-state index contributed by atoms with van der Waals surface area (Å²) < 4.78 is 33.8. The zero-order valence-corrected chi connectivity index (χ0v) is 21.6. The molecular formula is C27H31FN2O6. The van der Waals surface area contributed by atoms with Crippen molar-refractivity contribution in [1.82, 2.24) is 9.55 Å². The number of carbonyl (C=O) groups excluding carboxylic acids is 1. The van der Waals surface area contributed by atoms with E-state index in [4.69, 9.17) is 14.2 Å². The molecule has 0 amide bonds. The maximum atomic E-state index is 15.4. The topological polar surface area (TPSA) is 99.9 Å². The van der Waals surface area contributed by atoms with Gasteiger partial charge in [-0.2, -0.15) is 0 Å². The molecule has 1 aliphatic heterocycles. The number of fused-ring (bicyclic) bond motifs is 2. The molecule has 2 aromatic heterocycles. The van der Waals surface area contributed by atoms with Crippen LogP contribution in [0.3, 0.4) is 0 Å². The molecule has 3 heterocycles. The number of pyridine rings is 1. The Morgan fingerprint density at radius 3 is 2.56 bits per heavy atom. The number of nitrogens with zero attached hydrogens (tertiary/aromatic N) is 2. The lowest BCUT2D eigenvalue weighted by Gasteiger charge is -2.29. The Balaban J connectivity index is 2.17. The van der Waals surface area contributed by atoms with E-state index >= 15 is 4.39 Å². The van der Waals surface area contributed by atoms with Gasteiger partial charge in [-0.05, 0) is 70.7 Å². The zero-order valence-electron chi connectivity index (χ0n) is 21.6. The van der Waals surface area contributed by atoms with E-state index in [9.17, 15) is 14.7 Å². The summed E-state index contributed by atoms with van der Waals surface area (Å²) in [6, 6.07) is 2.89. The molecule has 1 aliphatic rings. The molecule has 192 valence electrons. The Labute approximate surface area is 209 Å². The van der Waals surface area contributed by atoms with E-state index in [1.54, 1.807) is 14.0 Å². The summed E-state index contributed by atoms with van der Waals surface area (Å²) in [4.78, 5) is 29.7. The summed E-state index contributed by atoms with van der Waals surface area (Å²) >= 11 is 0. The van der Waals surface area contributed by atoms with Gasteiger partial charge in [0.15, 0.2) is 17.7 Å². The summed E-state index contributed by atoms with van der Waals surface area (Å²) in [5.74, 6) is -2.04. The first kappa shape index (κ1) is 25.6. The number of esters is 1. The van der Waals surface area contributed by atoms with E-state index in [1.807, 2.05) is 27.7 Å². The lowest BCUT2D eigenvalue weighted by atomic mass is 9.86. The average molecular weight is 499 g/mol. The molecule has 1 unspecified atom stereocenters. The first-order valence-electron chi connectivity index (χ1n) is 11.8. The Hall–Kier alpha value is -3.46. The van der Waals surface area contributed by atoms with E-state index < -0.39 is 29.5 Å². The van der Waals surface area contributed by atoms with Gasteiger partial charge >= 0.3 is 11.9 Å². The van der Waals surface area contributed by atoms with Gasteiger partial charge in [-0.25, -0.2) is 19.0 Å². The minimum absolute atomic E-state index is 0.0149. The molecule has 9 heteroatoms.